The van der Waals surface area contributed by atoms with Crippen molar-refractivity contribution in [3.8, 4) is 0 Å². The topological polar surface area (TPSA) is 78.9 Å². The number of hydrogen-bond donors (Lipinski definition) is 0. The summed E-state index contributed by atoms with van der Waals surface area (Å²) in [6.07, 6.45) is 79.5. The van der Waals surface area contributed by atoms with E-state index >= 15 is 0 Å². The van der Waals surface area contributed by atoms with Crippen LogP contribution in [0, 0.1) is 0 Å². The molecular weight excluding hydrogens is 901 g/mol. The van der Waals surface area contributed by atoms with E-state index in [9.17, 15) is 14.4 Å². The molecule has 0 radical (unpaired) electrons. The first-order valence-electron chi connectivity index (χ1n) is 31.4. The van der Waals surface area contributed by atoms with E-state index in [0.717, 1.165) is 89.9 Å². The molecule has 0 bridgehead atoms. The van der Waals surface area contributed by atoms with Crippen molar-refractivity contribution in [3.63, 3.8) is 0 Å². The maximum atomic E-state index is 12.8. The average Bonchev–Trinajstić information content (AvgIpc) is 3.39. The molecule has 422 valence electrons. The fourth-order valence-corrected chi connectivity index (χ4v) is 9.00. The molecule has 0 amide bonds. The Hall–Kier alpha value is -3.15. The van der Waals surface area contributed by atoms with Crippen LogP contribution in [0.1, 0.15) is 316 Å². The van der Waals surface area contributed by atoms with Gasteiger partial charge in [0.15, 0.2) is 6.10 Å². The fourth-order valence-electron chi connectivity index (χ4n) is 9.00. The summed E-state index contributed by atoms with van der Waals surface area (Å²) in [5.41, 5.74) is 0. The molecule has 0 fully saturated rings. The van der Waals surface area contributed by atoms with Gasteiger partial charge in [0.25, 0.3) is 0 Å². The van der Waals surface area contributed by atoms with E-state index in [1.165, 1.54) is 186 Å². The molecule has 0 saturated carbocycles. The van der Waals surface area contributed by atoms with Gasteiger partial charge in [0.1, 0.15) is 13.2 Å². The molecule has 0 heterocycles. The smallest absolute Gasteiger partial charge is 0.306 e. The van der Waals surface area contributed by atoms with Crippen molar-refractivity contribution in [2.75, 3.05) is 13.2 Å². The van der Waals surface area contributed by atoms with Crippen LogP contribution in [-0.4, -0.2) is 37.2 Å². The van der Waals surface area contributed by atoms with Gasteiger partial charge in [-0.05, 0) is 89.9 Å². The summed E-state index contributed by atoms with van der Waals surface area (Å²) in [6.45, 7) is 6.49. The third-order valence-corrected chi connectivity index (χ3v) is 13.7. The Morgan fingerprint density at radius 3 is 0.849 bits per heavy atom. The van der Waals surface area contributed by atoms with Crippen molar-refractivity contribution >= 4 is 17.9 Å². The second-order valence-corrected chi connectivity index (χ2v) is 20.9. The summed E-state index contributed by atoms with van der Waals surface area (Å²) in [4.78, 5) is 38.0. The first-order chi connectivity index (χ1) is 36.0. The molecule has 0 aliphatic heterocycles. The molecule has 0 rings (SSSR count). The molecule has 0 aliphatic rings. The van der Waals surface area contributed by atoms with E-state index in [-0.39, 0.29) is 31.1 Å². The second kappa shape index (κ2) is 61.4. The normalized spacial score (nSPS) is 12.5. The Kier molecular flexibility index (Phi) is 58.7. The Balaban J connectivity index is 4.03. The van der Waals surface area contributed by atoms with Crippen LogP contribution in [0.25, 0.3) is 0 Å². The van der Waals surface area contributed by atoms with E-state index in [1.807, 2.05) is 0 Å². The minimum absolute atomic E-state index is 0.0738. The maximum Gasteiger partial charge on any atom is 0.306 e. The molecule has 0 aromatic heterocycles. The molecule has 1 atom stereocenters. The summed E-state index contributed by atoms with van der Waals surface area (Å²) in [6, 6.07) is 0. The van der Waals surface area contributed by atoms with Crippen molar-refractivity contribution in [3.05, 3.63) is 72.9 Å². The molecule has 0 aromatic carbocycles. The highest BCUT2D eigenvalue weighted by molar-refractivity contribution is 5.71. The van der Waals surface area contributed by atoms with Crippen molar-refractivity contribution in [1.82, 2.24) is 0 Å². The van der Waals surface area contributed by atoms with Crippen LogP contribution in [-0.2, 0) is 28.6 Å². The van der Waals surface area contributed by atoms with Crippen LogP contribution in [0.3, 0.4) is 0 Å². The highest BCUT2D eigenvalue weighted by Crippen LogP contribution is 2.17. The van der Waals surface area contributed by atoms with E-state index in [2.05, 4.69) is 93.7 Å². The predicted molar refractivity (Wildman–Crippen MR) is 316 cm³/mol. The van der Waals surface area contributed by atoms with Gasteiger partial charge in [-0.2, -0.15) is 0 Å². The molecule has 1 unspecified atom stereocenters. The van der Waals surface area contributed by atoms with Crippen LogP contribution >= 0.6 is 0 Å². The van der Waals surface area contributed by atoms with Gasteiger partial charge >= 0.3 is 17.9 Å². The number of ether oxygens (including phenoxy) is 3. The lowest BCUT2D eigenvalue weighted by molar-refractivity contribution is -0.167. The standard InChI is InChI=1S/C67H118O6/c1-4-7-10-13-16-18-20-22-24-26-28-29-30-31-32-33-34-35-36-37-38-39-40-42-43-45-47-49-51-54-57-60-66(69)72-63-64(62-71-65(68)59-56-53-15-12-9-6-3)73-67(70)61-58-55-52-50-48-46-44-41-27-25-23-21-19-17-14-11-8-5-2/h7,10,16,18,22,24-25,27-29,31-32,64H,4-6,8-9,11-15,17,19-21,23,26,30,33-63H2,1-3H3/b10-7-,18-16-,24-22-,27-25-,29-28-,32-31-. The Bertz CT molecular complexity index is 1360. The van der Waals surface area contributed by atoms with Crippen LogP contribution < -0.4 is 0 Å². The van der Waals surface area contributed by atoms with Crippen molar-refractivity contribution in [2.24, 2.45) is 0 Å². The lowest BCUT2D eigenvalue weighted by Crippen LogP contribution is -2.30. The summed E-state index contributed by atoms with van der Waals surface area (Å²) in [5.74, 6) is -0.875. The summed E-state index contributed by atoms with van der Waals surface area (Å²) >= 11 is 0. The largest absolute Gasteiger partial charge is 0.462 e. The minimum Gasteiger partial charge on any atom is -0.462 e. The molecule has 0 aromatic rings. The molecular formula is C67H118O6. The number of rotatable bonds is 57. The summed E-state index contributed by atoms with van der Waals surface area (Å²) in [5, 5.41) is 0. The lowest BCUT2D eigenvalue weighted by atomic mass is 10.0. The predicted octanol–water partition coefficient (Wildman–Crippen LogP) is 21.3. The number of allylic oxidation sites excluding steroid dienone is 12. The number of esters is 3. The number of hydrogen-bond acceptors (Lipinski definition) is 6. The highest BCUT2D eigenvalue weighted by atomic mass is 16.6. The lowest BCUT2D eigenvalue weighted by Gasteiger charge is -2.18. The number of unbranched alkanes of at least 4 members (excludes halogenated alkanes) is 34. The van der Waals surface area contributed by atoms with E-state index in [0.29, 0.717) is 19.3 Å². The molecule has 0 saturated heterocycles. The Morgan fingerprint density at radius 1 is 0.288 bits per heavy atom. The Labute approximate surface area is 453 Å². The van der Waals surface area contributed by atoms with Gasteiger partial charge in [-0.15, -0.1) is 0 Å². The minimum atomic E-state index is -0.772. The first kappa shape index (κ1) is 69.8. The summed E-state index contributed by atoms with van der Waals surface area (Å²) in [7, 11) is 0. The van der Waals surface area contributed by atoms with Crippen molar-refractivity contribution < 1.29 is 28.6 Å². The second-order valence-electron chi connectivity index (χ2n) is 20.9. The number of carbonyl (C=O) groups excluding carboxylic acids is 3. The Morgan fingerprint density at radius 2 is 0.534 bits per heavy atom. The molecule has 0 N–H and O–H groups in total. The molecule has 6 heteroatoms. The van der Waals surface area contributed by atoms with Crippen molar-refractivity contribution in [1.29, 1.82) is 0 Å². The first-order valence-corrected chi connectivity index (χ1v) is 31.4. The van der Waals surface area contributed by atoms with Gasteiger partial charge in [-0.1, -0.05) is 280 Å². The van der Waals surface area contributed by atoms with Gasteiger partial charge in [0, 0.05) is 19.3 Å². The van der Waals surface area contributed by atoms with Gasteiger partial charge < -0.3 is 14.2 Å². The average molecular weight is 1020 g/mol. The van der Waals surface area contributed by atoms with Gasteiger partial charge in [-0.3, -0.25) is 14.4 Å². The van der Waals surface area contributed by atoms with E-state index in [1.54, 1.807) is 0 Å². The molecule has 6 nitrogen and oxygen atoms in total. The van der Waals surface area contributed by atoms with Gasteiger partial charge in [0.05, 0.1) is 0 Å². The monoisotopic (exact) mass is 1020 g/mol. The SMILES string of the molecule is CC/C=C\C/C=C\C/C=C\C/C=C\C/C=C\CCCCCCCCCCCCCCCCCC(=O)OCC(COC(=O)CCCCCCCC)OC(=O)CCCCCCCCC/C=C\CCCCCCCCC. The van der Waals surface area contributed by atoms with Crippen LogP contribution in [0.15, 0.2) is 72.9 Å². The zero-order valence-corrected chi connectivity index (χ0v) is 48.4. The molecule has 0 aliphatic carbocycles. The van der Waals surface area contributed by atoms with Crippen LogP contribution in [0.4, 0.5) is 0 Å². The number of carbonyl (C=O) groups is 3. The van der Waals surface area contributed by atoms with Crippen LogP contribution in [0.5, 0.6) is 0 Å². The van der Waals surface area contributed by atoms with Gasteiger partial charge in [-0.25, -0.2) is 0 Å². The van der Waals surface area contributed by atoms with Crippen molar-refractivity contribution in [2.45, 2.75) is 322 Å². The molecule has 0 spiro atoms. The van der Waals surface area contributed by atoms with Crippen LogP contribution in [0.2, 0.25) is 0 Å². The third-order valence-electron chi connectivity index (χ3n) is 13.7. The molecule has 73 heavy (non-hydrogen) atoms. The summed E-state index contributed by atoms with van der Waals surface area (Å²) < 4.78 is 16.8. The van der Waals surface area contributed by atoms with Gasteiger partial charge in [0.2, 0.25) is 0 Å². The zero-order chi connectivity index (χ0) is 52.9. The van der Waals surface area contributed by atoms with E-state index < -0.39 is 6.10 Å². The fraction of sp³-hybridized carbons (Fsp3) is 0.776. The maximum absolute atomic E-state index is 12.8. The third kappa shape index (κ3) is 59.6. The zero-order valence-electron chi connectivity index (χ0n) is 48.4. The highest BCUT2D eigenvalue weighted by Gasteiger charge is 2.19. The quantitative estimate of drug-likeness (QED) is 0.0261. The van der Waals surface area contributed by atoms with E-state index in [4.69, 9.17) is 14.2 Å².